The van der Waals surface area contributed by atoms with E-state index in [9.17, 15) is 10.1 Å². The second kappa shape index (κ2) is 5.58. The van der Waals surface area contributed by atoms with Crippen molar-refractivity contribution in [2.75, 3.05) is 30.8 Å². The Hall–Kier alpha value is -1.96. The molecule has 0 spiro atoms. The number of anilines is 2. The molecular formula is C10H15N5O3. The van der Waals surface area contributed by atoms with Gasteiger partial charge in [0.15, 0.2) is 0 Å². The molecule has 0 unspecified atom stereocenters. The van der Waals surface area contributed by atoms with Crippen LogP contribution in [0.5, 0.6) is 0 Å². The number of nitrogens with two attached hydrogens (primary N) is 1. The normalized spacial score (nSPS) is 14.4. The molecule has 3 N–H and O–H groups in total. The van der Waals surface area contributed by atoms with Gasteiger partial charge in [0, 0.05) is 13.2 Å². The maximum Gasteiger partial charge on any atom is 0.352 e. The summed E-state index contributed by atoms with van der Waals surface area (Å²) in [6, 6.07) is 0. The van der Waals surface area contributed by atoms with E-state index in [1.807, 2.05) is 0 Å². The Morgan fingerprint density at radius 1 is 1.56 bits per heavy atom. The van der Waals surface area contributed by atoms with Gasteiger partial charge in [-0.1, -0.05) is 0 Å². The van der Waals surface area contributed by atoms with E-state index in [4.69, 9.17) is 10.5 Å². The fourth-order valence-electron chi connectivity index (χ4n) is 1.48. The van der Waals surface area contributed by atoms with E-state index in [1.54, 1.807) is 0 Å². The average Bonchev–Trinajstić information content (AvgIpc) is 3.12. The molecule has 1 heterocycles. The summed E-state index contributed by atoms with van der Waals surface area (Å²) in [4.78, 5) is 17.6. The molecule has 1 saturated carbocycles. The zero-order valence-electron chi connectivity index (χ0n) is 9.83. The number of nitrogens with one attached hydrogen (secondary N) is 1. The van der Waals surface area contributed by atoms with Crippen LogP contribution in [-0.4, -0.2) is 34.6 Å². The number of nitrogens with zero attached hydrogens (tertiary/aromatic N) is 3. The van der Waals surface area contributed by atoms with Crippen LogP contribution in [-0.2, 0) is 4.74 Å². The predicted molar refractivity (Wildman–Crippen MR) is 65.1 cm³/mol. The molecule has 0 aliphatic heterocycles. The molecule has 1 aromatic rings. The molecule has 8 nitrogen and oxygen atoms in total. The van der Waals surface area contributed by atoms with E-state index in [0.29, 0.717) is 19.1 Å². The molecule has 0 amide bonds. The highest BCUT2D eigenvalue weighted by atomic mass is 16.6. The molecule has 1 aromatic heterocycles. The monoisotopic (exact) mass is 253 g/mol. The number of hydrogen-bond acceptors (Lipinski definition) is 7. The summed E-state index contributed by atoms with van der Waals surface area (Å²) in [5.41, 5.74) is 5.14. The van der Waals surface area contributed by atoms with Gasteiger partial charge in [0.05, 0.1) is 11.5 Å². The van der Waals surface area contributed by atoms with Gasteiger partial charge >= 0.3 is 5.69 Å². The fraction of sp³-hybridized carbons (Fsp3) is 0.600. The molecule has 2 rings (SSSR count). The molecule has 98 valence electrons. The van der Waals surface area contributed by atoms with Crippen LogP contribution >= 0.6 is 0 Å². The van der Waals surface area contributed by atoms with Gasteiger partial charge in [0.25, 0.3) is 0 Å². The minimum atomic E-state index is -0.595. The van der Waals surface area contributed by atoms with Gasteiger partial charge in [-0.2, -0.15) is 0 Å². The van der Waals surface area contributed by atoms with Crippen LogP contribution in [0.15, 0.2) is 6.33 Å². The van der Waals surface area contributed by atoms with Crippen molar-refractivity contribution in [1.29, 1.82) is 0 Å². The summed E-state index contributed by atoms with van der Waals surface area (Å²) in [5.74, 6) is 0.688. The Morgan fingerprint density at radius 2 is 2.33 bits per heavy atom. The van der Waals surface area contributed by atoms with E-state index in [-0.39, 0.29) is 17.3 Å². The number of ether oxygens (including phenoxy) is 1. The van der Waals surface area contributed by atoms with Crippen molar-refractivity contribution in [2.24, 2.45) is 5.92 Å². The van der Waals surface area contributed by atoms with Crippen molar-refractivity contribution in [3.05, 3.63) is 16.4 Å². The lowest BCUT2D eigenvalue weighted by molar-refractivity contribution is -0.383. The molecule has 0 bridgehead atoms. The average molecular weight is 253 g/mol. The SMILES string of the molecule is Nc1ncnc(NCCOCC2CC2)c1[N+](=O)[O-]. The van der Waals surface area contributed by atoms with Gasteiger partial charge in [-0.25, -0.2) is 9.97 Å². The number of aromatic nitrogens is 2. The molecule has 1 aliphatic rings. The number of nitro groups is 1. The van der Waals surface area contributed by atoms with Crippen LogP contribution in [0.25, 0.3) is 0 Å². The first-order valence-corrected chi connectivity index (χ1v) is 5.75. The number of nitrogen functional groups attached to an aromatic ring is 1. The molecular weight excluding hydrogens is 238 g/mol. The maximum atomic E-state index is 10.8. The summed E-state index contributed by atoms with van der Waals surface area (Å²) in [5, 5.41) is 13.6. The minimum Gasteiger partial charge on any atom is -0.379 e. The Bertz CT molecular complexity index is 436. The number of rotatable bonds is 7. The Morgan fingerprint density at radius 3 is 3.00 bits per heavy atom. The van der Waals surface area contributed by atoms with Gasteiger partial charge in [-0.15, -0.1) is 0 Å². The molecule has 0 saturated heterocycles. The highest BCUT2D eigenvalue weighted by Crippen LogP contribution is 2.29. The fourth-order valence-corrected chi connectivity index (χ4v) is 1.48. The standard InChI is InChI=1S/C10H15N5O3/c11-9-8(15(16)17)10(14-6-13-9)12-3-4-18-5-7-1-2-7/h6-7H,1-5H2,(H3,11,12,13,14). The third-order valence-corrected chi connectivity index (χ3v) is 2.62. The van der Waals surface area contributed by atoms with Crippen LogP contribution in [0.1, 0.15) is 12.8 Å². The maximum absolute atomic E-state index is 10.8. The molecule has 1 aliphatic carbocycles. The highest BCUT2D eigenvalue weighted by Gasteiger charge is 2.22. The largest absolute Gasteiger partial charge is 0.379 e. The second-order valence-corrected chi connectivity index (χ2v) is 4.16. The van der Waals surface area contributed by atoms with Gasteiger partial charge in [-0.3, -0.25) is 10.1 Å². The van der Waals surface area contributed by atoms with Crippen LogP contribution in [0.2, 0.25) is 0 Å². The van der Waals surface area contributed by atoms with Crippen molar-refractivity contribution in [3.63, 3.8) is 0 Å². The van der Waals surface area contributed by atoms with Crippen LogP contribution in [0.4, 0.5) is 17.3 Å². The van der Waals surface area contributed by atoms with Crippen molar-refractivity contribution >= 4 is 17.3 Å². The molecule has 0 radical (unpaired) electrons. The van der Waals surface area contributed by atoms with Crippen molar-refractivity contribution < 1.29 is 9.66 Å². The van der Waals surface area contributed by atoms with E-state index in [0.717, 1.165) is 6.61 Å². The van der Waals surface area contributed by atoms with E-state index >= 15 is 0 Å². The molecule has 8 heteroatoms. The van der Waals surface area contributed by atoms with Gasteiger partial charge in [-0.05, 0) is 18.8 Å². The minimum absolute atomic E-state index is 0.127. The summed E-state index contributed by atoms with van der Waals surface area (Å²) in [6.45, 7) is 1.69. The lowest BCUT2D eigenvalue weighted by atomic mass is 10.4. The zero-order valence-corrected chi connectivity index (χ0v) is 9.83. The third kappa shape index (κ3) is 3.27. The summed E-state index contributed by atoms with van der Waals surface area (Å²) < 4.78 is 5.40. The quantitative estimate of drug-likeness (QED) is 0.419. The van der Waals surface area contributed by atoms with Crippen LogP contribution in [0.3, 0.4) is 0 Å². The first kappa shape index (κ1) is 12.5. The van der Waals surface area contributed by atoms with Gasteiger partial charge < -0.3 is 15.8 Å². The molecule has 0 aromatic carbocycles. The van der Waals surface area contributed by atoms with E-state index in [1.165, 1.54) is 19.2 Å². The molecule has 18 heavy (non-hydrogen) atoms. The lowest BCUT2D eigenvalue weighted by Gasteiger charge is -2.07. The van der Waals surface area contributed by atoms with E-state index < -0.39 is 4.92 Å². The smallest absolute Gasteiger partial charge is 0.352 e. The Kier molecular flexibility index (Phi) is 3.88. The highest BCUT2D eigenvalue weighted by molar-refractivity contribution is 5.67. The van der Waals surface area contributed by atoms with Crippen LogP contribution < -0.4 is 11.1 Å². The molecule has 1 fully saturated rings. The second-order valence-electron chi connectivity index (χ2n) is 4.16. The van der Waals surface area contributed by atoms with Crippen molar-refractivity contribution in [2.45, 2.75) is 12.8 Å². The topological polar surface area (TPSA) is 116 Å². The van der Waals surface area contributed by atoms with Gasteiger partial charge in [0.1, 0.15) is 6.33 Å². The first-order valence-electron chi connectivity index (χ1n) is 5.75. The summed E-state index contributed by atoms with van der Waals surface area (Å²) in [6.07, 6.45) is 3.67. The summed E-state index contributed by atoms with van der Waals surface area (Å²) in [7, 11) is 0. The Labute approximate surface area is 104 Å². The van der Waals surface area contributed by atoms with Gasteiger partial charge in [0.2, 0.25) is 11.6 Å². The van der Waals surface area contributed by atoms with E-state index in [2.05, 4.69) is 15.3 Å². The zero-order chi connectivity index (χ0) is 13.0. The van der Waals surface area contributed by atoms with Crippen molar-refractivity contribution in [3.8, 4) is 0 Å². The van der Waals surface area contributed by atoms with Crippen LogP contribution in [0, 0.1) is 16.0 Å². The Balaban J connectivity index is 1.83. The van der Waals surface area contributed by atoms with Crippen molar-refractivity contribution in [1.82, 2.24) is 9.97 Å². The first-order chi connectivity index (χ1) is 8.68. The number of hydrogen-bond donors (Lipinski definition) is 2. The predicted octanol–water partition coefficient (Wildman–Crippen LogP) is 0.805. The molecule has 0 atom stereocenters. The third-order valence-electron chi connectivity index (χ3n) is 2.62. The lowest BCUT2D eigenvalue weighted by Crippen LogP contribution is -2.13. The summed E-state index contributed by atoms with van der Waals surface area (Å²) >= 11 is 0.